The lowest BCUT2D eigenvalue weighted by atomic mass is 10.1. The summed E-state index contributed by atoms with van der Waals surface area (Å²) >= 11 is 1.67. The molecule has 4 nitrogen and oxygen atoms in total. The number of nitrogens with one attached hydrogen (secondary N) is 1. The number of nitrogens with zero attached hydrogens (tertiary/aromatic N) is 2. The van der Waals surface area contributed by atoms with Gasteiger partial charge >= 0.3 is 0 Å². The number of hydrogen-bond acceptors (Lipinski definition) is 4. The van der Waals surface area contributed by atoms with Crippen molar-refractivity contribution in [3.8, 4) is 0 Å². The molecule has 0 saturated heterocycles. The van der Waals surface area contributed by atoms with Gasteiger partial charge in [-0.05, 0) is 17.7 Å². The Labute approximate surface area is 122 Å². The van der Waals surface area contributed by atoms with Gasteiger partial charge in [-0.1, -0.05) is 23.9 Å². The van der Waals surface area contributed by atoms with Gasteiger partial charge in [0, 0.05) is 24.6 Å². The fourth-order valence-corrected chi connectivity index (χ4v) is 3.04. The van der Waals surface area contributed by atoms with Crippen LogP contribution in [0.2, 0.25) is 0 Å². The van der Waals surface area contributed by atoms with Crippen molar-refractivity contribution in [3.63, 3.8) is 0 Å². The third kappa shape index (κ3) is 2.77. The molecule has 0 atom stereocenters. The van der Waals surface area contributed by atoms with E-state index in [1.807, 2.05) is 24.3 Å². The van der Waals surface area contributed by atoms with Gasteiger partial charge in [-0.3, -0.25) is 9.79 Å². The molecule has 0 saturated carbocycles. The first kappa shape index (κ1) is 14.0. The molecule has 0 bridgehead atoms. The van der Waals surface area contributed by atoms with Crippen LogP contribution in [0.4, 0.5) is 5.69 Å². The SMILES string of the molecule is CC(=O)Nc1ccc(C2=CSC3=NCCN23)cc1.Cl. The van der Waals surface area contributed by atoms with Gasteiger partial charge in [0.25, 0.3) is 0 Å². The van der Waals surface area contributed by atoms with E-state index in [0.717, 1.165) is 29.5 Å². The van der Waals surface area contributed by atoms with Crippen LogP contribution in [0.25, 0.3) is 5.70 Å². The van der Waals surface area contributed by atoms with E-state index >= 15 is 0 Å². The summed E-state index contributed by atoms with van der Waals surface area (Å²) in [5.74, 6) is -0.0487. The first-order valence-corrected chi connectivity index (χ1v) is 6.69. The van der Waals surface area contributed by atoms with E-state index in [1.54, 1.807) is 11.8 Å². The van der Waals surface area contributed by atoms with E-state index in [9.17, 15) is 4.79 Å². The standard InChI is InChI=1S/C13H13N3OS.ClH/c1-9(17)15-11-4-2-10(3-5-11)12-8-18-13-14-6-7-16(12)13;/h2-5,8H,6-7H2,1H3,(H,15,17);1H. The minimum absolute atomic E-state index is 0. The molecule has 0 spiro atoms. The number of aliphatic imine (C=N–C) groups is 1. The van der Waals surface area contributed by atoms with Crippen molar-refractivity contribution in [1.82, 2.24) is 4.90 Å². The Morgan fingerprint density at radius 2 is 2.11 bits per heavy atom. The number of benzene rings is 1. The zero-order valence-electron chi connectivity index (χ0n) is 10.4. The molecule has 2 aliphatic rings. The summed E-state index contributed by atoms with van der Waals surface area (Å²) < 4.78 is 0. The van der Waals surface area contributed by atoms with Crippen molar-refractivity contribution < 1.29 is 4.79 Å². The monoisotopic (exact) mass is 295 g/mol. The Morgan fingerprint density at radius 3 is 2.79 bits per heavy atom. The molecule has 0 fully saturated rings. The molecule has 2 heterocycles. The van der Waals surface area contributed by atoms with Gasteiger partial charge in [-0.15, -0.1) is 12.4 Å². The summed E-state index contributed by atoms with van der Waals surface area (Å²) in [6, 6.07) is 7.90. The summed E-state index contributed by atoms with van der Waals surface area (Å²) in [6.07, 6.45) is 0. The molecule has 2 aliphatic heterocycles. The highest BCUT2D eigenvalue weighted by Gasteiger charge is 2.26. The van der Waals surface area contributed by atoms with Gasteiger partial charge in [-0.2, -0.15) is 0 Å². The molecule has 3 rings (SSSR count). The molecular formula is C13H14ClN3OS. The average Bonchev–Trinajstić information content (AvgIpc) is 2.91. The van der Waals surface area contributed by atoms with Gasteiger partial charge in [0.1, 0.15) is 0 Å². The van der Waals surface area contributed by atoms with E-state index in [0.29, 0.717) is 0 Å². The molecular weight excluding hydrogens is 282 g/mol. The molecule has 1 aromatic carbocycles. The summed E-state index contributed by atoms with van der Waals surface area (Å²) in [6.45, 7) is 3.35. The van der Waals surface area contributed by atoms with E-state index < -0.39 is 0 Å². The number of amidine groups is 1. The zero-order valence-corrected chi connectivity index (χ0v) is 12.1. The molecule has 1 aromatic rings. The number of fused-ring (bicyclic) bond motifs is 1. The third-order valence-electron chi connectivity index (χ3n) is 2.87. The second-order valence-electron chi connectivity index (χ2n) is 4.20. The van der Waals surface area contributed by atoms with E-state index in [4.69, 9.17) is 0 Å². The predicted octanol–water partition coefficient (Wildman–Crippen LogP) is 2.78. The summed E-state index contributed by atoms with van der Waals surface area (Å²) in [7, 11) is 0. The maximum atomic E-state index is 11.0. The zero-order chi connectivity index (χ0) is 12.5. The average molecular weight is 296 g/mol. The minimum atomic E-state index is -0.0487. The number of thioether (sulfide) groups is 1. The third-order valence-corrected chi connectivity index (χ3v) is 3.77. The maximum Gasteiger partial charge on any atom is 0.221 e. The van der Waals surface area contributed by atoms with Crippen molar-refractivity contribution >= 4 is 46.6 Å². The summed E-state index contributed by atoms with van der Waals surface area (Å²) in [5.41, 5.74) is 3.18. The summed E-state index contributed by atoms with van der Waals surface area (Å²) in [4.78, 5) is 17.6. The van der Waals surface area contributed by atoms with Crippen molar-refractivity contribution in [3.05, 3.63) is 35.2 Å². The lowest BCUT2D eigenvalue weighted by molar-refractivity contribution is -0.114. The Hall–Kier alpha value is -1.46. The van der Waals surface area contributed by atoms with Gasteiger partial charge in [0.2, 0.25) is 5.91 Å². The van der Waals surface area contributed by atoms with E-state index in [-0.39, 0.29) is 18.3 Å². The second kappa shape index (κ2) is 5.67. The number of hydrogen-bond donors (Lipinski definition) is 1. The Morgan fingerprint density at radius 1 is 1.37 bits per heavy atom. The van der Waals surface area contributed by atoms with Crippen molar-refractivity contribution in [2.45, 2.75) is 6.92 Å². The predicted molar refractivity (Wildman–Crippen MR) is 82.6 cm³/mol. The lowest BCUT2D eigenvalue weighted by Crippen LogP contribution is -2.19. The van der Waals surface area contributed by atoms with Crippen LogP contribution >= 0.6 is 24.2 Å². The molecule has 19 heavy (non-hydrogen) atoms. The van der Waals surface area contributed by atoms with Crippen LogP contribution in [-0.2, 0) is 4.79 Å². The fraction of sp³-hybridized carbons (Fsp3) is 0.231. The number of amides is 1. The lowest BCUT2D eigenvalue weighted by Gasteiger charge is -2.16. The molecule has 0 radical (unpaired) electrons. The Bertz CT molecular complexity index is 554. The molecule has 0 unspecified atom stereocenters. The van der Waals surface area contributed by atoms with Crippen molar-refractivity contribution in [2.75, 3.05) is 18.4 Å². The highest BCUT2D eigenvalue weighted by atomic mass is 35.5. The fourth-order valence-electron chi connectivity index (χ4n) is 2.07. The Balaban J connectivity index is 0.00000133. The molecule has 0 aromatic heterocycles. The first-order valence-electron chi connectivity index (χ1n) is 5.81. The normalized spacial score (nSPS) is 16.4. The van der Waals surface area contributed by atoms with E-state index in [2.05, 4.69) is 20.6 Å². The molecule has 6 heteroatoms. The second-order valence-corrected chi connectivity index (χ2v) is 5.03. The maximum absolute atomic E-state index is 11.0. The van der Waals surface area contributed by atoms with Gasteiger partial charge < -0.3 is 10.2 Å². The topological polar surface area (TPSA) is 44.7 Å². The molecule has 1 N–H and O–H groups in total. The molecule has 1 amide bonds. The largest absolute Gasteiger partial charge is 0.326 e. The molecule has 0 aliphatic carbocycles. The summed E-state index contributed by atoms with van der Waals surface area (Å²) in [5, 5.41) is 5.99. The van der Waals surface area contributed by atoms with Crippen molar-refractivity contribution in [2.24, 2.45) is 4.99 Å². The highest BCUT2D eigenvalue weighted by Crippen LogP contribution is 2.35. The number of rotatable bonds is 2. The van der Waals surface area contributed by atoms with Crippen LogP contribution in [0, 0.1) is 0 Å². The smallest absolute Gasteiger partial charge is 0.221 e. The molecule has 100 valence electrons. The first-order chi connectivity index (χ1) is 8.74. The highest BCUT2D eigenvalue weighted by molar-refractivity contribution is 8.16. The van der Waals surface area contributed by atoms with Crippen LogP contribution in [0.3, 0.4) is 0 Å². The van der Waals surface area contributed by atoms with Crippen LogP contribution in [0.1, 0.15) is 12.5 Å². The van der Waals surface area contributed by atoms with Gasteiger partial charge in [-0.25, -0.2) is 0 Å². The van der Waals surface area contributed by atoms with Crippen LogP contribution in [-0.4, -0.2) is 29.1 Å². The number of halogens is 1. The number of carbonyl (C=O) groups is 1. The van der Waals surface area contributed by atoms with Crippen molar-refractivity contribution in [1.29, 1.82) is 0 Å². The van der Waals surface area contributed by atoms with Gasteiger partial charge in [0.15, 0.2) is 5.17 Å². The van der Waals surface area contributed by atoms with Gasteiger partial charge in [0.05, 0.1) is 12.2 Å². The van der Waals surface area contributed by atoms with Crippen LogP contribution in [0.15, 0.2) is 34.7 Å². The minimum Gasteiger partial charge on any atom is -0.326 e. The number of carbonyl (C=O) groups excluding carboxylic acids is 1. The Kier molecular flexibility index (Phi) is 4.17. The van der Waals surface area contributed by atoms with Crippen LogP contribution in [0.5, 0.6) is 0 Å². The number of anilines is 1. The quantitative estimate of drug-likeness (QED) is 0.912. The van der Waals surface area contributed by atoms with E-state index in [1.165, 1.54) is 12.6 Å². The van der Waals surface area contributed by atoms with Crippen LogP contribution < -0.4 is 5.32 Å².